The first-order valence-electron chi connectivity index (χ1n) is 29.7. The molecule has 0 heterocycles. The molecular weight excluding hydrogens is 877 g/mol. The van der Waals surface area contributed by atoms with E-state index in [9.17, 15) is 14.4 Å². The Bertz CT molecular complexity index is 1410. The fraction of sp³-hybridized carbons (Fsp3) is 0.708. The van der Waals surface area contributed by atoms with Gasteiger partial charge in [-0.25, -0.2) is 0 Å². The van der Waals surface area contributed by atoms with Gasteiger partial charge in [-0.1, -0.05) is 253 Å². The van der Waals surface area contributed by atoms with Gasteiger partial charge in [0.15, 0.2) is 6.10 Å². The van der Waals surface area contributed by atoms with Crippen molar-refractivity contribution >= 4 is 17.9 Å². The molecule has 0 aliphatic rings. The second kappa shape index (κ2) is 58.9. The van der Waals surface area contributed by atoms with E-state index in [-0.39, 0.29) is 31.1 Å². The van der Waals surface area contributed by atoms with Crippen LogP contribution in [0.5, 0.6) is 0 Å². The molecule has 0 aromatic heterocycles. The summed E-state index contributed by atoms with van der Waals surface area (Å²) in [5.74, 6) is -0.901. The predicted octanol–water partition coefficient (Wildman–Crippen LogP) is 20.1. The van der Waals surface area contributed by atoms with E-state index in [0.717, 1.165) is 122 Å². The van der Waals surface area contributed by atoms with Gasteiger partial charge in [-0.05, 0) is 103 Å². The summed E-state index contributed by atoms with van der Waals surface area (Å²) in [5, 5.41) is 0. The Morgan fingerprint density at radius 3 is 0.887 bits per heavy atom. The molecule has 0 N–H and O–H groups in total. The average molecular weight is 988 g/mol. The SMILES string of the molecule is CC/C=C\C/C=C\C/C=C\C/C=C\C/C=C\C/C=C\CCCCCCCCCCCCCCC(=O)OCC(COC(=O)CCCCCCCCC)OC(=O)CCCCCCC/C=C\C/C=C\CCCCC. The minimum atomic E-state index is -0.782. The molecule has 0 aromatic rings. The Morgan fingerprint density at radius 2 is 0.549 bits per heavy atom. The van der Waals surface area contributed by atoms with Gasteiger partial charge in [0.05, 0.1) is 0 Å². The molecule has 0 aliphatic carbocycles. The topological polar surface area (TPSA) is 78.9 Å². The molecule has 71 heavy (non-hydrogen) atoms. The van der Waals surface area contributed by atoms with Gasteiger partial charge in [-0.15, -0.1) is 0 Å². The number of carbonyl (C=O) groups is 3. The molecule has 406 valence electrons. The Kier molecular flexibility index (Phi) is 55.9. The zero-order valence-corrected chi connectivity index (χ0v) is 46.5. The van der Waals surface area contributed by atoms with Crippen molar-refractivity contribution in [1.82, 2.24) is 0 Å². The van der Waals surface area contributed by atoms with E-state index < -0.39 is 6.10 Å². The summed E-state index contributed by atoms with van der Waals surface area (Å²) < 4.78 is 16.8. The minimum absolute atomic E-state index is 0.0818. The average Bonchev–Trinajstić information content (AvgIpc) is 3.37. The highest BCUT2D eigenvalue weighted by molar-refractivity contribution is 5.71. The molecule has 1 unspecified atom stereocenters. The van der Waals surface area contributed by atoms with Gasteiger partial charge in [0, 0.05) is 19.3 Å². The summed E-state index contributed by atoms with van der Waals surface area (Å²) in [5.41, 5.74) is 0. The lowest BCUT2D eigenvalue weighted by Crippen LogP contribution is -2.30. The van der Waals surface area contributed by atoms with Crippen LogP contribution in [-0.4, -0.2) is 37.2 Å². The first-order chi connectivity index (χ1) is 35.0. The maximum Gasteiger partial charge on any atom is 0.306 e. The monoisotopic (exact) mass is 987 g/mol. The van der Waals surface area contributed by atoms with Crippen LogP contribution in [0.25, 0.3) is 0 Å². The van der Waals surface area contributed by atoms with Crippen molar-refractivity contribution in [2.24, 2.45) is 0 Å². The van der Waals surface area contributed by atoms with E-state index in [1.165, 1.54) is 116 Å². The summed E-state index contributed by atoms with van der Waals surface area (Å²) in [4.78, 5) is 37.9. The first kappa shape index (κ1) is 67.3. The van der Waals surface area contributed by atoms with Gasteiger partial charge < -0.3 is 14.2 Å². The lowest BCUT2D eigenvalue weighted by Gasteiger charge is -2.18. The highest BCUT2D eigenvalue weighted by Crippen LogP contribution is 2.15. The molecule has 0 aliphatic heterocycles. The van der Waals surface area contributed by atoms with E-state index in [4.69, 9.17) is 14.2 Å². The molecule has 1 atom stereocenters. The molecule has 0 bridgehead atoms. The summed E-state index contributed by atoms with van der Waals surface area (Å²) in [6, 6.07) is 0. The second-order valence-corrected chi connectivity index (χ2v) is 19.5. The number of esters is 3. The molecule has 0 fully saturated rings. The molecule has 0 spiro atoms. The minimum Gasteiger partial charge on any atom is -0.462 e. The van der Waals surface area contributed by atoms with Gasteiger partial charge in [0.2, 0.25) is 0 Å². The third-order valence-electron chi connectivity index (χ3n) is 12.6. The molecule has 0 saturated carbocycles. The van der Waals surface area contributed by atoms with Gasteiger partial charge in [-0.2, -0.15) is 0 Å². The smallest absolute Gasteiger partial charge is 0.306 e. The third-order valence-corrected chi connectivity index (χ3v) is 12.6. The van der Waals surface area contributed by atoms with Crippen LogP contribution in [0.1, 0.15) is 278 Å². The third kappa shape index (κ3) is 57.1. The van der Waals surface area contributed by atoms with E-state index in [0.29, 0.717) is 19.3 Å². The lowest BCUT2D eigenvalue weighted by atomic mass is 10.0. The van der Waals surface area contributed by atoms with Crippen LogP contribution in [0, 0.1) is 0 Å². The Labute approximate surface area is 438 Å². The Balaban J connectivity index is 4.11. The van der Waals surface area contributed by atoms with Crippen molar-refractivity contribution in [2.45, 2.75) is 284 Å². The Morgan fingerprint density at radius 1 is 0.296 bits per heavy atom. The zero-order valence-electron chi connectivity index (χ0n) is 46.5. The van der Waals surface area contributed by atoms with Crippen LogP contribution in [-0.2, 0) is 28.6 Å². The zero-order chi connectivity index (χ0) is 51.4. The van der Waals surface area contributed by atoms with Crippen LogP contribution in [0.2, 0.25) is 0 Å². The Hall–Kier alpha value is -3.67. The van der Waals surface area contributed by atoms with Crippen LogP contribution in [0.4, 0.5) is 0 Å². The van der Waals surface area contributed by atoms with Crippen molar-refractivity contribution in [2.75, 3.05) is 13.2 Å². The molecule has 0 aromatic carbocycles. The predicted molar refractivity (Wildman–Crippen MR) is 307 cm³/mol. The molecule has 6 heteroatoms. The van der Waals surface area contributed by atoms with E-state index >= 15 is 0 Å². The van der Waals surface area contributed by atoms with Crippen LogP contribution >= 0.6 is 0 Å². The van der Waals surface area contributed by atoms with Crippen LogP contribution < -0.4 is 0 Å². The summed E-state index contributed by atoms with van der Waals surface area (Å²) in [6.07, 6.45) is 78.6. The van der Waals surface area contributed by atoms with E-state index in [2.05, 4.69) is 118 Å². The number of hydrogen-bond acceptors (Lipinski definition) is 6. The highest BCUT2D eigenvalue weighted by Gasteiger charge is 2.19. The van der Waals surface area contributed by atoms with Gasteiger partial charge in [0.1, 0.15) is 13.2 Å². The molecule has 0 radical (unpaired) electrons. The van der Waals surface area contributed by atoms with E-state index in [1.54, 1.807) is 0 Å². The summed E-state index contributed by atoms with van der Waals surface area (Å²) in [7, 11) is 0. The molecule has 6 nitrogen and oxygen atoms in total. The van der Waals surface area contributed by atoms with Crippen LogP contribution in [0.15, 0.2) is 97.2 Å². The van der Waals surface area contributed by atoms with Crippen molar-refractivity contribution in [3.8, 4) is 0 Å². The standard InChI is InChI=1S/C65H110O6/c1-4-7-10-13-16-18-20-22-24-25-26-27-28-29-30-31-32-33-34-35-36-37-38-39-41-42-44-46-49-52-55-58-64(67)70-61-62(60-69-63(66)57-54-51-48-15-12-9-6-3)71-65(68)59-56-53-50-47-45-43-40-23-21-19-17-14-11-8-5-2/h7,10,16-19,22-24,26-27,29-30,32-33,40,62H,4-6,8-9,11-15,20-21,25,28,31,34-39,41-61H2,1-3H3/b10-7-,18-16-,19-17-,24-22-,27-26-,30-29-,33-32-,40-23-. The van der Waals surface area contributed by atoms with Crippen LogP contribution in [0.3, 0.4) is 0 Å². The summed E-state index contributed by atoms with van der Waals surface area (Å²) in [6.45, 7) is 6.45. The quantitative estimate of drug-likeness (QED) is 0.0261. The normalized spacial score (nSPS) is 12.8. The van der Waals surface area contributed by atoms with Gasteiger partial charge in [-0.3, -0.25) is 14.4 Å². The lowest BCUT2D eigenvalue weighted by molar-refractivity contribution is -0.167. The van der Waals surface area contributed by atoms with Crippen molar-refractivity contribution in [1.29, 1.82) is 0 Å². The van der Waals surface area contributed by atoms with Crippen molar-refractivity contribution in [3.63, 3.8) is 0 Å². The number of rotatable bonds is 53. The van der Waals surface area contributed by atoms with Gasteiger partial charge in [0.25, 0.3) is 0 Å². The molecule has 0 saturated heterocycles. The molecule has 0 amide bonds. The van der Waals surface area contributed by atoms with Crippen molar-refractivity contribution in [3.05, 3.63) is 97.2 Å². The summed E-state index contributed by atoms with van der Waals surface area (Å²) >= 11 is 0. The van der Waals surface area contributed by atoms with Gasteiger partial charge >= 0.3 is 17.9 Å². The number of hydrogen-bond donors (Lipinski definition) is 0. The fourth-order valence-corrected chi connectivity index (χ4v) is 8.12. The number of allylic oxidation sites excluding steroid dienone is 16. The molecular formula is C65H110O6. The largest absolute Gasteiger partial charge is 0.462 e. The van der Waals surface area contributed by atoms with E-state index in [1.807, 2.05) is 0 Å². The first-order valence-corrected chi connectivity index (χ1v) is 29.7. The maximum absolute atomic E-state index is 12.8. The number of carbonyl (C=O) groups excluding carboxylic acids is 3. The number of ether oxygens (including phenoxy) is 3. The van der Waals surface area contributed by atoms with Crippen molar-refractivity contribution < 1.29 is 28.6 Å². The highest BCUT2D eigenvalue weighted by atomic mass is 16.6. The molecule has 0 rings (SSSR count). The maximum atomic E-state index is 12.8. The number of unbranched alkanes of at least 4 members (excludes halogenated alkanes) is 26. The fourth-order valence-electron chi connectivity index (χ4n) is 8.12. The second-order valence-electron chi connectivity index (χ2n) is 19.5.